The average Bonchev–Trinajstić information content (AvgIpc) is 2.48. The van der Waals surface area contributed by atoms with Gasteiger partial charge in [0.2, 0.25) is 0 Å². The van der Waals surface area contributed by atoms with Gasteiger partial charge >= 0.3 is 0 Å². The van der Waals surface area contributed by atoms with Crippen LogP contribution in [0.25, 0.3) is 0 Å². The predicted octanol–water partition coefficient (Wildman–Crippen LogP) is 4.74. The molecule has 0 fully saturated rings. The molecule has 0 aliphatic carbocycles. The molecule has 0 radical (unpaired) electrons. The molecule has 0 saturated carbocycles. The summed E-state index contributed by atoms with van der Waals surface area (Å²) < 4.78 is 5.55. The van der Waals surface area contributed by atoms with E-state index in [1.165, 1.54) is 11.1 Å². The van der Waals surface area contributed by atoms with Crippen molar-refractivity contribution in [3.63, 3.8) is 0 Å². The van der Waals surface area contributed by atoms with Crippen LogP contribution >= 0.6 is 11.6 Å². The Bertz CT molecular complexity index is 551. The molecule has 0 amide bonds. The lowest BCUT2D eigenvalue weighted by Gasteiger charge is -2.12. The third-order valence-corrected chi connectivity index (χ3v) is 3.41. The number of aryl methyl sites for hydroxylation is 1. The van der Waals surface area contributed by atoms with Crippen LogP contribution in [-0.2, 0) is 12.4 Å². The first-order chi connectivity index (χ1) is 9.72. The molecule has 20 heavy (non-hydrogen) atoms. The predicted molar refractivity (Wildman–Crippen MR) is 85.7 cm³/mol. The van der Waals surface area contributed by atoms with E-state index >= 15 is 0 Å². The van der Waals surface area contributed by atoms with Crippen molar-refractivity contribution in [2.45, 2.75) is 26.3 Å². The summed E-state index contributed by atoms with van der Waals surface area (Å²) in [7, 11) is 0. The fourth-order valence-corrected chi connectivity index (χ4v) is 2.21. The summed E-state index contributed by atoms with van der Waals surface area (Å²) in [6.45, 7) is 5.52. The van der Waals surface area contributed by atoms with E-state index in [-0.39, 0.29) is 0 Å². The lowest BCUT2D eigenvalue weighted by Crippen LogP contribution is -2.01. The van der Waals surface area contributed by atoms with Gasteiger partial charge in [0.25, 0.3) is 0 Å². The molecule has 2 aromatic carbocycles. The molecule has 106 valence electrons. The Morgan fingerprint density at radius 1 is 1.10 bits per heavy atom. The molecule has 2 nitrogen and oxygen atoms in total. The molecule has 3 heteroatoms. The molecule has 0 atom stereocenters. The number of nitrogens with one attached hydrogen (secondary N) is 1. The lowest BCUT2D eigenvalue weighted by atomic mass is 10.1. The third kappa shape index (κ3) is 3.91. The van der Waals surface area contributed by atoms with Crippen LogP contribution in [0.2, 0.25) is 0 Å². The van der Waals surface area contributed by atoms with Gasteiger partial charge in [-0.3, -0.25) is 0 Å². The van der Waals surface area contributed by atoms with E-state index in [0.717, 1.165) is 23.5 Å². The zero-order valence-corrected chi connectivity index (χ0v) is 12.7. The van der Waals surface area contributed by atoms with Crippen molar-refractivity contribution in [1.29, 1.82) is 0 Å². The Kier molecular flexibility index (Phi) is 5.31. The second kappa shape index (κ2) is 7.20. The summed E-state index contributed by atoms with van der Waals surface area (Å²) in [4.78, 5) is 0. The van der Waals surface area contributed by atoms with Gasteiger partial charge in [0.15, 0.2) is 0 Å². The zero-order valence-electron chi connectivity index (χ0n) is 11.9. The van der Waals surface area contributed by atoms with E-state index in [2.05, 4.69) is 36.5 Å². The smallest absolute Gasteiger partial charge is 0.123 e. The molecule has 2 rings (SSSR count). The minimum Gasteiger partial charge on any atom is -0.494 e. The Balaban J connectivity index is 2.04. The van der Waals surface area contributed by atoms with Gasteiger partial charge in [-0.15, -0.1) is 11.6 Å². The van der Waals surface area contributed by atoms with Gasteiger partial charge in [0.1, 0.15) is 5.75 Å². The fraction of sp³-hybridized carbons (Fsp3) is 0.294. The van der Waals surface area contributed by atoms with Crippen molar-refractivity contribution < 1.29 is 4.74 Å². The van der Waals surface area contributed by atoms with Crippen LogP contribution in [0, 0.1) is 6.92 Å². The Hall–Kier alpha value is -1.67. The molecular weight excluding hydrogens is 270 g/mol. The van der Waals surface area contributed by atoms with Gasteiger partial charge in [-0.25, -0.2) is 0 Å². The first-order valence-corrected chi connectivity index (χ1v) is 7.37. The van der Waals surface area contributed by atoms with Crippen molar-refractivity contribution in [2.75, 3.05) is 11.9 Å². The van der Waals surface area contributed by atoms with Crippen LogP contribution in [0.4, 0.5) is 5.69 Å². The minimum absolute atomic E-state index is 0.454. The average molecular weight is 290 g/mol. The lowest BCUT2D eigenvalue weighted by molar-refractivity contribution is 0.337. The molecule has 1 N–H and O–H groups in total. The van der Waals surface area contributed by atoms with Crippen LogP contribution in [0.5, 0.6) is 5.75 Å². The fourth-order valence-electron chi connectivity index (χ4n) is 2.00. The number of anilines is 1. The number of benzene rings is 2. The van der Waals surface area contributed by atoms with Crippen LogP contribution < -0.4 is 10.1 Å². The number of alkyl halides is 1. The van der Waals surface area contributed by atoms with Crippen molar-refractivity contribution in [1.82, 2.24) is 0 Å². The van der Waals surface area contributed by atoms with Crippen molar-refractivity contribution in [3.8, 4) is 5.75 Å². The Morgan fingerprint density at radius 2 is 1.85 bits per heavy atom. The summed E-state index contributed by atoms with van der Waals surface area (Å²) in [5.41, 5.74) is 4.61. The summed E-state index contributed by atoms with van der Waals surface area (Å²) in [6.07, 6.45) is 0. The molecule has 0 unspecified atom stereocenters. The van der Waals surface area contributed by atoms with Gasteiger partial charge in [-0.1, -0.05) is 29.8 Å². The highest BCUT2D eigenvalue weighted by molar-refractivity contribution is 6.17. The van der Waals surface area contributed by atoms with Crippen LogP contribution in [0.1, 0.15) is 23.6 Å². The normalized spacial score (nSPS) is 10.3. The first kappa shape index (κ1) is 14.7. The molecule has 2 aromatic rings. The molecule has 0 aliphatic rings. The number of hydrogen-bond donors (Lipinski definition) is 1. The summed E-state index contributed by atoms with van der Waals surface area (Å²) in [5, 5.41) is 3.41. The molecule has 0 aliphatic heterocycles. The molecule has 0 aromatic heterocycles. The summed E-state index contributed by atoms with van der Waals surface area (Å²) in [5.74, 6) is 1.32. The maximum absolute atomic E-state index is 5.97. The molecule has 0 spiro atoms. The monoisotopic (exact) mass is 289 g/mol. The van der Waals surface area contributed by atoms with Crippen molar-refractivity contribution >= 4 is 17.3 Å². The number of halogens is 1. The van der Waals surface area contributed by atoms with E-state index in [1.807, 2.05) is 25.1 Å². The van der Waals surface area contributed by atoms with E-state index in [4.69, 9.17) is 16.3 Å². The number of hydrogen-bond acceptors (Lipinski definition) is 2. The maximum atomic E-state index is 5.97. The molecule has 0 saturated heterocycles. The van der Waals surface area contributed by atoms with Gasteiger partial charge < -0.3 is 10.1 Å². The van der Waals surface area contributed by atoms with E-state index in [1.54, 1.807) is 0 Å². The van der Waals surface area contributed by atoms with Crippen LogP contribution in [0.15, 0.2) is 42.5 Å². The number of ether oxygens (including phenoxy) is 1. The zero-order chi connectivity index (χ0) is 14.4. The molecular formula is C17H20ClNO. The van der Waals surface area contributed by atoms with Gasteiger partial charge in [0, 0.05) is 17.8 Å². The third-order valence-electron chi connectivity index (χ3n) is 3.12. The standard InChI is InChI=1S/C17H20ClNO/c1-3-20-17-9-8-16(10-15(17)11-18)19-12-14-6-4-13(2)5-7-14/h4-10,19H,3,11-12H2,1-2H3. The topological polar surface area (TPSA) is 21.3 Å². The quantitative estimate of drug-likeness (QED) is 0.775. The number of rotatable bonds is 6. The SMILES string of the molecule is CCOc1ccc(NCc2ccc(C)cc2)cc1CCl. The van der Waals surface area contributed by atoms with Crippen molar-refractivity contribution in [2.24, 2.45) is 0 Å². The van der Waals surface area contributed by atoms with E-state index < -0.39 is 0 Å². The van der Waals surface area contributed by atoms with E-state index in [0.29, 0.717) is 12.5 Å². The first-order valence-electron chi connectivity index (χ1n) is 6.84. The summed E-state index contributed by atoms with van der Waals surface area (Å²) in [6, 6.07) is 14.6. The largest absolute Gasteiger partial charge is 0.494 e. The van der Waals surface area contributed by atoms with Crippen LogP contribution in [-0.4, -0.2) is 6.61 Å². The minimum atomic E-state index is 0.454. The Labute approximate surface area is 125 Å². The molecule has 0 bridgehead atoms. The van der Waals surface area contributed by atoms with Gasteiger partial charge in [0.05, 0.1) is 12.5 Å². The highest BCUT2D eigenvalue weighted by Crippen LogP contribution is 2.25. The highest BCUT2D eigenvalue weighted by atomic mass is 35.5. The summed E-state index contributed by atoms with van der Waals surface area (Å²) >= 11 is 5.97. The van der Waals surface area contributed by atoms with Gasteiger partial charge in [-0.05, 0) is 37.6 Å². The van der Waals surface area contributed by atoms with Crippen molar-refractivity contribution in [3.05, 3.63) is 59.2 Å². The van der Waals surface area contributed by atoms with Crippen LogP contribution in [0.3, 0.4) is 0 Å². The molecule has 0 heterocycles. The second-order valence-corrected chi connectivity index (χ2v) is 5.00. The van der Waals surface area contributed by atoms with Gasteiger partial charge in [-0.2, -0.15) is 0 Å². The highest BCUT2D eigenvalue weighted by Gasteiger charge is 2.04. The van der Waals surface area contributed by atoms with E-state index in [9.17, 15) is 0 Å². The Morgan fingerprint density at radius 3 is 2.50 bits per heavy atom. The second-order valence-electron chi connectivity index (χ2n) is 4.73. The maximum Gasteiger partial charge on any atom is 0.123 e.